The number of likely N-dealkylation sites (tertiary alicyclic amines) is 2. The number of rotatable bonds is 6. The fraction of sp³-hybridized carbons (Fsp3) is 0.706. The Kier molecular flexibility index (Phi) is 5.63. The Hall–Kier alpha value is -1.73. The molecule has 3 rings (SSSR count). The van der Waals surface area contributed by atoms with Crippen molar-refractivity contribution in [2.45, 2.75) is 31.9 Å². The van der Waals surface area contributed by atoms with Crippen LogP contribution in [0.15, 0.2) is 12.4 Å². The van der Waals surface area contributed by atoms with E-state index in [0.717, 1.165) is 51.1 Å². The number of methoxy groups -OCH3 is 2. The van der Waals surface area contributed by atoms with Crippen LogP contribution in [-0.4, -0.2) is 72.2 Å². The Morgan fingerprint density at radius 3 is 2.54 bits per heavy atom. The van der Waals surface area contributed by atoms with Crippen molar-refractivity contribution in [3.8, 4) is 6.01 Å². The first-order chi connectivity index (χ1) is 11.7. The number of ether oxygens (including phenoxy) is 2. The molecule has 0 saturated carbocycles. The van der Waals surface area contributed by atoms with Gasteiger partial charge in [-0.25, -0.2) is 9.97 Å². The SMILES string of the molecule is COc1ncc(CN2C[C@H](CC(=O)N3CCCC3)[C@@H](OC)C2)cn1. The van der Waals surface area contributed by atoms with Gasteiger partial charge in [-0.05, 0) is 12.8 Å². The van der Waals surface area contributed by atoms with Crippen molar-refractivity contribution in [2.75, 3.05) is 40.4 Å². The molecule has 1 amide bonds. The Morgan fingerprint density at radius 2 is 1.92 bits per heavy atom. The highest BCUT2D eigenvalue weighted by Gasteiger charge is 2.35. The Morgan fingerprint density at radius 1 is 1.21 bits per heavy atom. The molecule has 0 aromatic carbocycles. The minimum absolute atomic E-state index is 0.107. The van der Waals surface area contributed by atoms with Crippen LogP contribution in [0.3, 0.4) is 0 Å². The second-order valence-electron chi connectivity index (χ2n) is 6.60. The van der Waals surface area contributed by atoms with Crippen molar-refractivity contribution in [3.63, 3.8) is 0 Å². The summed E-state index contributed by atoms with van der Waals surface area (Å²) in [7, 11) is 3.29. The summed E-state index contributed by atoms with van der Waals surface area (Å²) < 4.78 is 10.6. The second-order valence-corrected chi connectivity index (χ2v) is 6.60. The van der Waals surface area contributed by atoms with E-state index in [4.69, 9.17) is 9.47 Å². The van der Waals surface area contributed by atoms with Gasteiger partial charge in [0.05, 0.1) is 13.2 Å². The predicted octanol–water partition coefficient (Wildman–Crippen LogP) is 0.945. The zero-order chi connectivity index (χ0) is 16.9. The molecule has 3 heterocycles. The summed E-state index contributed by atoms with van der Waals surface area (Å²) >= 11 is 0. The van der Waals surface area contributed by atoms with Crippen LogP contribution in [0, 0.1) is 5.92 Å². The molecule has 24 heavy (non-hydrogen) atoms. The highest BCUT2D eigenvalue weighted by atomic mass is 16.5. The Bertz CT molecular complexity index is 545. The maximum Gasteiger partial charge on any atom is 0.316 e. The third-order valence-electron chi connectivity index (χ3n) is 4.93. The molecule has 7 nitrogen and oxygen atoms in total. The third kappa shape index (κ3) is 4.02. The van der Waals surface area contributed by atoms with Crippen LogP contribution in [0.2, 0.25) is 0 Å². The summed E-state index contributed by atoms with van der Waals surface area (Å²) in [5.41, 5.74) is 1.04. The quantitative estimate of drug-likeness (QED) is 0.771. The lowest BCUT2D eigenvalue weighted by atomic mass is 10.0. The van der Waals surface area contributed by atoms with Gasteiger partial charge in [0.1, 0.15) is 0 Å². The van der Waals surface area contributed by atoms with Crippen molar-refractivity contribution in [1.82, 2.24) is 19.8 Å². The zero-order valence-corrected chi connectivity index (χ0v) is 14.5. The van der Waals surface area contributed by atoms with E-state index >= 15 is 0 Å². The van der Waals surface area contributed by atoms with Crippen molar-refractivity contribution in [1.29, 1.82) is 0 Å². The lowest BCUT2D eigenvalue weighted by Crippen LogP contribution is -2.32. The summed E-state index contributed by atoms with van der Waals surface area (Å²) in [6, 6.07) is 0.379. The molecule has 132 valence electrons. The minimum atomic E-state index is 0.107. The number of hydrogen-bond acceptors (Lipinski definition) is 6. The van der Waals surface area contributed by atoms with E-state index in [-0.39, 0.29) is 17.9 Å². The van der Waals surface area contributed by atoms with Gasteiger partial charge in [0.25, 0.3) is 0 Å². The van der Waals surface area contributed by atoms with Gasteiger partial charge in [-0.3, -0.25) is 9.69 Å². The Labute approximate surface area is 143 Å². The summed E-state index contributed by atoms with van der Waals surface area (Å²) in [5, 5.41) is 0. The average Bonchev–Trinajstić information content (AvgIpc) is 3.25. The van der Waals surface area contributed by atoms with Gasteiger partial charge in [-0.1, -0.05) is 0 Å². The van der Waals surface area contributed by atoms with E-state index < -0.39 is 0 Å². The molecule has 0 spiro atoms. The van der Waals surface area contributed by atoms with E-state index in [1.54, 1.807) is 26.6 Å². The molecular weight excluding hydrogens is 308 g/mol. The first-order valence-electron chi connectivity index (χ1n) is 8.57. The highest BCUT2D eigenvalue weighted by molar-refractivity contribution is 5.76. The molecule has 2 aliphatic rings. The van der Waals surface area contributed by atoms with Gasteiger partial charge in [-0.2, -0.15) is 0 Å². The molecule has 0 radical (unpaired) electrons. The lowest BCUT2D eigenvalue weighted by molar-refractivity contribution is -0.131. The molecule has 0 aliphatic carbocycles. The van der Waals surface area contributed by atoms with Gasteiger partial charge >= 0.3 is 6.01 Å². The molecule has 2 atom stereocenters. The molecule has 7 heteroatoms. The fourth-order valence-electron chi connectivity index (χ4n) is 3.63. The first kappa shape index (κ1) is 17.1. The zero-order valence-electron chi connectivity index (χ0n) is 14.5. The molecule has 0 N–H and O–H groups in total. The molecule has 2 saturated heterocycles. The maximum atomic E-state index is 12.4. The smallest absolute Gasteiger partial charge is 0.316 e. The lowest BCUT2D eigenvalue weighted by Gasteiger charge is -2.20. The Balaban J connectivity index is 1.55. The number of hydrogen-bond donors (Lipinski definition) is 0. The summed E-state index contributed by atoms with van der Waals surface area (Å²) in [4.78, 5) is 25.0. The average molecular weight is 334 g/mol. The molecule has 2 fully saturated rings. The molecule has 0 unspecified atom stereocenters. The summed E-state index contributed by atoms with van der Waals surface area (Å²) in [5.74, 6) is 0.524. The van der Waals surface area contributed by atoms with Crippen LogP contribution in [0.1, 0.15) is 24.8 Å². The number of nitrogens with zero attached hydrogens (tertiary/aromatic N) is 4. The van der Waals surface area contributed by atoms with Crippen LogP contribution in [0.25, 0.3) is 0 Å². The normalized spacial score (nSPS) is 24.5. The second kappa shape index (κ2) is 7.90. The number of carbonyl (C=O) groups excluding carboxylic acids is 1. The van der Waals surface area contributed by atoms with Gasteiger partial charge in [-0.15, -0.1) is 0 Å². The molecule has 0 bridgehead atoms. The first-order valence-corrected chi connectivity index (χ1v) is 8.57. The van der Waals surface area contributed by atoms with E-state index in [1.807, 2.05) is 4.90 Å². The van der Waals surface area contributed by atoms with E-state index in [0.29, 0.717) is 12.4 Å². The van der Waals surface area contributed by atoms with E-state index in [9.17, 15) is 4.79 Å². The van der Waals surface area contributed by atoms with Crippen molar-refractivity contribution < 1.29 is 14.3 Å². The van der Waals surface area contributed by atoms with Crippen LogP contribution in [0.5, 0.6) is 6.01 Å². The van der Waals surface area contributed by atoms with E-state index in [2.05, 4.69) is 14.9 Å². The molecular formula is C17H26N4O3. The molecule has 1 aromatic heterocycles. The highest BCUT2D eigenvalue weighted by Crippen LogP contribution is 2.25. The number of aromatic nitrogens is 2. The van der Waals surface area contributed by atoms with Crippen LogP contribution in [-0.2, 0) is 16.1 Å². The van der Waals surface area contributed by atoms with Crippen LogP contribution in [0.4, 0.5) is 0 Å². The number of amides is 1. The summed E-state index contributed by atoms with van der Waals surface area (Å²) in [6.07, 6.45) is 6.53. The van der Waals surface area contributed by atoms with Crippen molar-refractivity contribution in [3.05, 3.63) is 18.0 Å². The largest absolute Gasteiger partial charge is 0.467 e. The monoisotopic (exact) mass is 334 g/mol. The third-order valence-corrected chi connectivity index (χ3v) is 4.93. The van der Waals surface area contributed by atoms with Crippen LogP contribution < -0.4 is 4.74 Å². The standard InChI is InChI=1S/C17H26N4O3/c1-23-15-12-20(10-13-8-18-17(24-2)19-9-13)11-14(15)7-16(22)21-5-3-4-6-21/h8-9,14-15H,3-7,10-12H2,1-2H3/t14-,15-/m0/s1. The fourth-order valence-corrected chi connectivity index (χ4v) is 3.63. The molecule has 1 aromatic rings. The van der Waals surface area contributed by atoms with Gasteiger partial charge in [0.15, 0.2) is 0 Å². The van der Waals surface area contributed by atoms with Gasteiger partial charge < -0.3 is 14.4 Å². The van der Waals surface area contributed by atoms with Gasteiger partial charge in [0.2, 0.25) is 5.91 Å². The van der Waals surface area contributed by atoms with E-state index in [1.165, 1.54) is 0 Å². The maximum absolute atomic E-state index is 12.4. The number of carbonyl (C=O) groups is 1. The van der Waals surface area contributed by atoms with Crippen LogP contribution >= 0.6 is 0 Å². The minimum Gasteiger partial charge on any atom is -0.467 e. The van der Waals surface area contributed by atoms with Gasteiger partial charge in [0, 0.05) is 70.1 Å². The summed E-state index contributed by atoms with van der Waals surface area (Å²) in [6.45, 7) is 4.29. The predicted molar refractivity (Wildman–Crippen MR) is 88.6 cm³/mol. The van der Waals surface area contributed by atoms with Crippen molar-refractivity contribution >= 4 is 5.91 Å². The van der Waals surface area contributed by atoms with Crippen molar-refractivity contribution in [2.24, 2.45) is 5.92 Å². The topological polar surface area (TPSA) is 67.8 Å². The molecule has 2 aliphatic heterocycles.